The number of aliphatic hydroxyl groups excluding tert-OH is 1. The molecule has 1 heterocycles. The van der Waals surface area contributed by atoms with Gasteiger partial charge in [0.15, 0.2) is 0 Å². The van der Waals surface area contributed by atoms with Gasteiger partial charge in [0, 0.05) is 12.6 Å². The summed E-state index contributed by atoms with van der Waals surface area (Å²) in [5, 5.41) is 12.7. The molecule has 5 nitrogen and oxygen atoms in total. The van der Waals surface area contributed by atoms with E-state index in [0.29, 0.717) is 6.54 Å². The Morgan fingerprint density at radius 2 is 2.00 bits per heavy atom. The number of nitrogens with one attached hydrogen (secondary N) is 1. The van der Waals surface area contributed by atoms with Crippen molar-refractivity contribution in [3.63, 3.8) is 0 Å². The summed E-state index contributed by atoms with van der Waals surface area (Å²) < 4.78 is 5.76. The number of aliphatic hydroxyl groups is 1. The van der Waals surface area contributed by atoms with E-state index < -0.39 is 0 Å². The number of fused-ring (bicyclic) bond motifs is 1. The zero-order chi connectivity index (χ0) is 17.8. The molecule has 0 radical (unpaired) electrons. The summed E-state index contributed by atoms with van der Waals surface area (Å²) in [7, 11) is 0. The van der Waals surface area contributed by atoms with Crippen LogP contribution in [0.15, 0.2) is 24.3 Å². The molecule has 2 aliphatic rings. The summed E-state index contributed by atoms with van der Waals surface area (Å²) in [5.41, 5.74) is 2.55. The Balaban J connectivity index is 1.74. The van der Waals surface area contributed by atoms with Crippen LogP contribution in [0.5, 0.6) is 0 Å². The molecule has 0 aromatic heterocycles. The van der Waals surface area contributed by atoms with Crippen LogP contribution in [0, 0.1) is 0 Å². The highest BCUT2D eigenvalue weighted by Crippen LogP contribution is 2.34. The lowest BCUT2D eigenvalue weighted by Crippen LogP contribution is -2.51. The molecule has 2 N–H and O–H groups in total. The molecular weight excluding hydrogens is 316 g/mol. The highest BCUT2D eigenvalue weighted by atomic mass is 16.5. The molecule has 1 aliphatic heterocycles. The van der Waals surface area contributed by atoms with E-state index >= 15 is 0 Å². The quantitative estimate of drug-likeness (QED) is 0.881. The van der Waals surface area contributed by atoms with E-state index in [1.165, 1.54) is 11.1 Å². The molecule has 3 atom stereocenters. The Morgan fingerprint density at radius 3 is 2.72 bits per heavy atom. The van der Waals surface area contributed by atoms with Crippen LogP contribution < -0.4 is 5.32 Å². The van der Waals surface area contributed by atoms with Crippen LogP contribution in [0.3, 0.4) is 0 Å². The van der Waals surface area contributed by atoms with Gasteiger partial charge in [0.05, 0.1) is 24.9 Å². The van der Waals surface area contributed by atoms with Gasteiger partial charge in [-0.3, -0.25) is 0 Å². The van der Waals surface area contributed by atoms with Gasteiger partial charge in [0.2, 0.25) is 0 Å². The number of rotatable bonds is 4. The normalized spacial score (nSPS) is 28.9. The van der Waals surface area contributed by atoms with Crippen LogP contribution >= 0.6 is 0 Å². The molecule has 2 amide bonds. The minimum Gasteiger partial charge on any atom is -0.395 e. The van der Waals surface area contributed by atoms with Gasteiger partial charge in [-0.1, -0.05) is 24.3 Å². The van der Waals surface area contributed by atoms with Gasteiger partial charge in [-0.2, -0.15) is 0 Å². The van der Waals surface area contributed by atoms with Gasteiger partial charge in [0.1, 0.15) is 0 Å². The molecule has 1 aromatic carbocycles. The van der Waals surface area contributed by atoms with Crippen molar-refractivity contribution in [3.05, 3.63) is 35.4 Å². The Labute approximate surface area is 150 Å². The van der Waals surface area contributed by atoms with Crippen LogP contribution in [0.25, 0.3) is 0 Å². The summed E-state index contributed by atoms with van der Waals surface area (Å²) in [6.45, 7) is 4.45. The molecule has 138 valence electrons. The van der Waals surface area contributed by atoms with Crippen molar-refractivity contribution < 1.29 is 14.6 Å². The molecular formula is C20H30N2O3. The number of nitrogens with zero attached hydrogens (tertiary/aromatic N) is 1. The number of amides is 2. The fraction of sp³-hybridized carbons (Fsp3) is 0.650. The van der Waals surface area contributed by atoms with E-state index in [-0.39, 0.29) is 36.9 Å². The van der Waals surface area contributed by atoms with E-state index in [1.54, 1.807) is 0 Å². The van der Waals surface area contributed by atoms with Crippen molar-refractivity contribution in [2.24, 2.45) is 0 Å². The van der Waals surface area contributed by atoms with Crippen molar-refractivity contribution in [1.29, 1.82) is 0 Å². The zero-order valence-electron chi connectivity index (χ0n) is 15.3. The molecule has 3 unspecified atom stereocenters. The van der Waals surface area contributed by atoms with E-state index in [2.05, 4.69) is 37.4 Å². The maximum Gasteiger partial charge on any atom is 0.318 e. The predicted molar refractivity (Wildman–Crippen MR) is 97.5 cm³/mol. The van der Waals surface area contributed by atoms with E-state index in [1.807, 2.05) is 11.0 Å². The maximum atomic E-state index is 13.0. The van der Waals surface area contributed by atoms with Gasteiger partial charge in [-0.05, 0) is 57.1 Å². The minimum atomic E-state index is -0.0675. The molecule has 25 heavy (non-hydrogen) atoms. The molecule has 1 fully saturated rings. The van der Waals surface area contributed by atoms with Crippen molar-refractivity contribution in [1.82, 2.24) is 10.2 Å². The third-order valence-electron chi connectivity index (χ3n) is 5.34. The highest BCUT2D eigenvalue weighted by molar-refractivity contribution is 5.75. The Hall–Kier alpha value is -1.59. The summed E-state index contributed by atoms with van der Waals surface area (Å²) >= 11 is 0. The SMILES string of the molecule is CC1CC(NC(=O)N(CCO)C2CCCc3ccccc32)CC(C)O1. The number of aryl methyl sites for hydroxylation is 1. The van der Waals surface area contributed by atoms with Crippen LogP contribution in [0.2, 0.25) is 0 Å². The first kappa shape index (κ1) is 18.2. The third-order valence-corrected chi connectivity index (χ3v) is 5.34. The molecule has 0 saturated carbocycles. The standard InChI is InChI=1S/C20H30N2O3/c1-14-12-17(13-15(2)25-14)21-20(24)22(10-11-23)19-9-5-7-16-6-3-4-8-18(16)19/h3-4,6,8,14-15,17,19,23H,5,7,9-13H2,1-2H3,(H,21,24). The minimum absolute atomic E-state index is 0.0212. The molecule has 5 heteroatoms. The number of urea groups is 1. The maximum absolute atomic E-state index is 13.0. The molecule has 0 spiro atoms. The number of carbonyl (C=O) groups is 1. The fourth-order valence-electron chi connectivity index (χ4n) is 4.34. The first-order chi connectivity index (χ1) is 12.1. The first-order valence-corrected chi connectivity index (χ1v) is 9.49. The van der Waals surface area contributed by atoms with Gasteiger partial charge < -0.3 is 20.1 Å². The largest absolute Gasteiger partial charge is 0.395 e. The van der Waals surface area contributed by atoms with Gasteiger partial charge in [-0.15, -0.1) is 0 Å². The van der Waals surface area contributed by atoms with Crippen LogP contribution in [0.1, 0.15) is 56.7 Å². The van der Waals surface area contributed by atoms with Gasteiger partial charge in [-0.25, -0.2) is 4.79 Å². The molecule has 1 aromatic rings. The number of ether oxygens (including phenoxy) is 1. The smallest absolute Gasteiger partial charge is 0.318 e. The summed E-state index contributed by atoms with van der Waals surface area (Å²) in [6, 6.07) is 8.48. The van der Waals surface area contributed by atoms with E-state index in [0.717, 1.165) is 32.1 Å². The predicted octanol–water partition coefficient (Wildman–Crippen LogP) is 3.02. The van der Waals surface area contributed by atoms with E-state index in [9.17, 15) is 9.90 Å². The number of carbonyl (C=O) groups excluding carboxylic acids is 1. The fourth-order valence-corrected chi connectivity index (χ4v) is 4.34. The Bertz CT molecular complexity index is 582. The van der Waals surface area contributed by atoms with Gasteiger partial charge in [0.25, 0.3) is 0 Å². The lowest BCUT2D eigenvalue weighted by Gasteiger charge is -2.38. The monoisotopic (exact) mass is 346 g/mol. The Morgan fingerprint density at radius 1 is 1.28 bits per heavy atom. The second-order valence-electron chi connectivity index (χ2n) is 7.40. The van der Waals surface area contributed by atoms with E-state index in [4.69, 9.17) is 4.74 Å². The van der Waals surface area contributed by atoms with Crippen LogP contribution in [0.4, 0.5) is 4.79 Å². The second kappa shape index (κ2) is 8.19. The summed E-state index contributed by atoms with van der Waals surface area (Å²) in [5.74, 6) is 0. The van der Waals surface area contributed by atoms with Crippen LogP contribution in [-0.2, 0) is 11.2 Å². The van der Waals surface area contributed by atoms with Gasteiger partial charge >= 0.3 is 6.03 Å². The van der Waals surface area contributed by atoms with Crippen LogP contribution in [-0.4, -0.2) is 47.4 Å². The van der Waals surface area contributed by atoms with Crippen molar-refractivity contribution >= 4 is 6.03 Å². The number of hydrogen-bond donors (Lipinski definition) is 2. The molecule has 1 aliphatic carbocycles. The number of benzene rings is 1. The lowest BCUT2D eigenvalue weighted by atomic mass is 9.87. The molecule has 0 bridgehead atoms. The van der Waals surface area contributed by atoms with Crippen molar-refractivity contribution in [3.8, 4) is 0 Å². The third kappa shape index (κ3) is 4.33. The lowest BCUT2D eigenvalue weighted by molar-refractivity contribution is -0.0409. The van der Waals surface area contributed by atoms with Crippen molar-refractivity contribution in [2.75, 3.05) is 13.2 Å². The first-order valence-electron chi connectivity index (χ1n) is 9.49. The van der Waals surface area contributed by atoms with Crippen molar-refractivity contribution in [2.45, 2.75) is 70.2 Å². The second-order valence-corrected chi connectivity index (χ2v) is 7.40. The number of hydrogen-bond acceptors (Lipinski definition) is 3. The topological polar surface area (TPSA) is 61.8 Å². The summed E-state index contributed by atoms with van der Waals surface area (Å²) in [6.07, 6.45) is 5.09. The highest BCUT2D eigenvalue weighted by Gasteiger charge is 2.31. The zero-order valence-corrected chi connectivity index (χ0v) is 15.3. The molecule has 1 saturated heterocycles. The molecule has 3 rings (SSSR count). The average molecular weight is 346 g/mol. The average Bonchev–Trinajstić information content (AvgIpc) is 2.58. The Kier molecular flexibility index (Phi) is 5.97. The summed E-state index contributed by atoms with van der Waals surface area (Å²) in [4.78, 5) is 14.8.